The van der Waals surface area contributed by atoms with Gasteiger partial charge in [0.1, 0.15) is 28.2 Å². The van der Waals surface area contributed by atoms with Crippen molar-refractivity contribution in [3.05, 3.63) is 78.3 Å². The maximum Gasteiger partial charge on any atom is 0.227 e. The van der Waals surface area contributed by atoms with Gasteiger partial charge in [0.2, 0.25) is 5.91 Å². The fourth-order valence-electron chi connectivity index (χ4n) is 5.13. The lowest BCUT2D eigenvalue weighted by molar-refractivity contribution is -0.117. The van der Waals surface area contributed by atoms with Gasteiger partial charge in [-0.3, -0.25) is 19.9 Å². The van der Waals surface area contributed by atoms with E-state index in [1.807, 2.05) is 0 Å². The van der Waals surface area contributed by atoms with Crippen LogP contribution < -0.4 is 11.1 Å². The summed E-state index contributed by atoms with van der Waals surface area (Å²) in [6, 6.07) is 10.3. The Bertz CT molecular complexity index is 2230. The van der Waals surface area contributed by atoms with E-state index in [1.54, 1.807) is 24.3 Å². The lowest BCUT2D eigenvalue weighted by Gasteiger charge is -2.12. The van der Waals surface area contributed by atoms with E-state index in [2.05, 4.69) is 35.5 Å². The van der Waals surface area contributed by atoms with Crippen LogP contribution in [0.1, 0.15) is 23.8 Å². The molecular weight excluding hydrogens is 590 g/mol. The number of halogens is 2. The van der Waals surface area contributed by atoms with E-state index < -0.39 is 26.8 Å². The number of benzene rings is 2. The summed E-state index contributed by atoms with van der Waals surface area (Å²) in [7, 11) is -3.70. The Hall–Kier alpha value is -5.08. The summed E-state index contributed by atoms with van der Waals surface area (Å²) in [5.74, 6) is -1.10. The summed E-state index contributed by atoms with van der Waals surface area (Å²) in [5, 5.41) is 8.74. The van der Waals surface area contributed by atoms with Crippen LogP contribution in [-0.2, 0) is 14.6 Å². The van der Waals surface area contributed by atoms with Crippen molar-refractivity contribution in [1.82, 2.24) is 30.1 Å². The third kappa shape index (κ3) is 4.97. The lowest BCUT2D eigenvalue weighted by atomic mass is 10.0. The molecule has 44 heavy (non-hydrogen) atoms. The number of pyridine rings is 2. The Morgan fingerprint density at radius 2 is 1.86 bits per heavy atom. The monoisotopic (exact) mass is 614 g/mol. The standard InChI is InChI=1S/C30H24F2N8O3S/c1-44(42,43)28(33)16-8-15(9-18(31)10-16)25-26-22(6-7-35-25)37-29(38-26)27-23-21(39-40-27)5-4-20(24(23)32)17-11-19(13-34-12-17)36-30(41)14-2-3-14/h4-14,28H,2-3,33H2,1H3,(H,36,41)(H,37,38)(H,39,40). The van der Waals surface area contributed by atoms with Crippen molar-refractivity contribution in [1.29, 1.82) is 0 Å². The number of aromatic nitrogens is 6. The molecule has 1 atom stereocenters. The fourth-order valence-corrected chi connectivity index (χ4v) is 5.76. The highest BCUT2D eigenvalue weighted by atomic mass is 32.2. The topological polar surface area (TPSA) is 172 Å². The molecule has 2 aromatic carbocycles. The van der Waals surface area contributed by atoms with Crippen molar-refractivity contribution in [2.45, 2.75) is 18.2 Å². The largest absolute Gasteiger partial charge is 0.336 e. The Balaban J connectivity index is 1.30. The van der Waals surface area contributed by atoms with E-state index in [0.717, 1.165) is 25.2 Å². The smallest absolute Gasteiger partial charge is 0.227 e. The first-order valence-electron chi connectivity index (χ1n) is 13.6. The molecule has 0 bridgehead atoms. The third-order valence-corrected chi connectivity index (χ3v) is 8.74. The van der Waals surface area contributed by atoms with E-state index in [9.17, 15) is 17.6 Å². The van der Waals surface area contributed by atoms with Crippen LogP contribution in [0.5, 0.6) is 0 Å². The van der Waals surface area contributed by atoms with Crippen LogP contribution in [0.25, 0.3) is 55.8 Å². The number of fused-ring (bicyclic) bond motifs is 2. The van der Waals surface area contributed by atoms with Crippen molar-refractivity contribution in [2.75, 3.05) is 11.6 Å². The average molecular weight is 615 g/mol. The lowest BCUT2D eigenvalue weighted by Crippen LogP contribution is -2.20. The molecule has 0 spiro atoms. The van der Waals surface area contributed by atoms with Gasteiger partial charge >= 0.3 is 0 Å². The number of H-pyrrole nitrogens is 2. The van der Waals surface area contributed by atoms with Crippen LogP contribution in [0.2, 0.25) is 0 Å². The zero-order chi connectivity index (χ0) is 30.7. The summed E-state index contributed by atoms with van der Waals surface area (Å²) in [4.78, 5) is 28.6. The molecule has 6 aromatic rings. The van der Waals surface area contributed by atoms with Gasteiger partial charge in [-0.1, -0.05) is 0 Å². The molecule has 5 N–H and O–H groups in total. The highest BCUT2D eigenvalue weighted by Crippen LogP contribution is 2.36. The molecule has 0 radical (unpaired) electrons. The van der Waals surface area contributed by atoms with Crippen molar-refractivity contribution in [2.24, 2.45) is 11.7 Å². The number of hydrogen-bond donors (Lipinski definition) is 4. The molecule has 4 heterocycles. The summed E-state index contributed by atoms with van der Waals surface area (Å²) in [6.07, 6.45) is 7.20. The third-order valence-electron chi connectivity index (χ3n) is 7.54. The number of sulfone groups is 1. The average Bonchev–Trinajstić information content (AvgIpc) is 3.61. The number of hydrogen-bond acceptors (Lipinski definition) is 8. The number of amides is 1. The summed E-state index contributed by atoms with van der Waals surface area (Å²) >= 11 is 0. The molecule has 7 rings (SSSR count). The molecule has 1 aliphatic rings. The Morgan fingerprint density at radius 1 is 1.05 bits per heavy atom. The molecule has 4 aromatic heterocycles. The van der Waals surface area contributed by atoms with E-state index >= 15 is 4.39 Å². The molecule has 14 heteroatoms. The normalized spacial score (nSPS) is 14.3. The number of rotatable bonds is 7. The Morgan fingerprint density at radius 3 is 2.64 bits per heavy atom. The highest BCUT2D eigenvalue weighted by molar-refractivity contribution is 7.90. The molecule has 1 aliphatic carbocycles. The number of nitrogens with zero attached hydrogens (tertiary/aromatic N) is 4. The molecule has 0 saturated heterocycles. The van der Waals surface area contributed by atoms with Gasteiger partial charge in [0.05, 0.1) is 34.0 Å². The van der Waals surface area contributed by atoms with Crippen LogP contribution in [0, 0.1) is 17.6 Å². The van der Waals surface area contributed by atoms with Crippen LogP contribution in [0.3, 0.4) is 0 Å². The van der Waals surface area contributed by atoms with Gasteiger partial charge in [-0.2, -0.15) is 5.10 Å². The zero-order valence-corrected chi connectivity index (χ0v) is 23.9. The maximum atomic E-state index is 16.2. The van der Waals surface area contributed by atoms with Crippen molar-refractivity contribution in [3.63, 3.8) is 0 Å². The van der Waals surface area contributed by atoms with Crippen molar-refractivity contribution in [3.8, 4) is 33.9 Å². The number of nitrogens with two attached hydrogens (primary N) is 1. The number of imidazole rings is 1. The minimum Gasteiger partial charge on any atom is -0.336 e. The highest BCUT2D eigenvalue weighted by Gasteiger charge is 2.30. The first-order chi connectivity index (χ1) is 21.1. The predicted molar refractivity (Wildman–Crippen MR) is 161 cm³/mol. The van der Waals surface area contributed by atoms with Gasteiger partial charge < -0.3 is 16.0 Å². The van der Waals surface area contributed by atoms with Crippen LogP contribution >= 0.6 is 0 Å². The minimum atomic E-state index is -3.70. The first kappa shape index (κ1) is 27.7. The molecule has 1 fully saturated rings. The van der Waals surface area contributed by atoms with Gasteiger partial charge in [-0.05, 0) is 60.9 Å². The summed E-state index contributed by atoms with van der Waals surface area (Å²) < 4.78 is 54.9. The van der Waals surface area contributed by atoms with E-state index in [0.29, 0.717) is 27.8 Å². The van der Waals surface area contributed by atoms with E-state index in [4.69, 9.17) is 5.73 Å². The Kier molecular flexibility index (Phi) is 6.48. The van der Waals surface area contributed by atoms with Gasteiger partial charge in [-0.15, -0.1) is 0 Å². The zero-order valence-electron chi connectivity index (χ0n) is 23.1. The van der Waals surface area contributed by atoms with Crippen LogP contribution in [0.4, 0.5) is 14.5 Å². The second-order valence-electron chi connectivity index (χ2n) is 10.8. The van der Waals surface area contributed by atoms with Gasteiger partial charge in [0, 0.05) is 41.3 Å². The molecule has 222 valence electrons. The number of carbonyl (C=O) groups is 1. The molecule has 1 amide bonds. The summed E-state index contributed by atoms with van der Waals surface area (Å²) in [5.41, 5.74) is 9.14. The van der Waals surface area contributed by atoms with Crippen LogP contribution in [0.15, 0.2) is 61.1 Å². The number of aromatic amines is 2. The van der Waals surface area contributed by atoms with E-state index in [1.165, 1.54) is 30.7 Å². The molecule has 1 saturated carbocycles. The first-order valence-corrected chi connectivity index (χ1v) is 15.6. The van der Waals surface area contributed by atoms with Crippen molar-refractivity contribution < 1.29 is 22.0 Å². The second kappa shape index (κ2) is 10.3. The van der Waals surface area contributed by atoms with Gasteiger partial charge in [-0.25, -0.2) is 22.2 Å². The predicted octanol–water partition coefficient (Wildman–Crippen LogP) is 4.86. The molecule has 11 nitrogen and oxygen atoms in total. The van der Waals surface area contributed by atoms with E-state index in [-0.39, 0.29) is 51.1 Å². The van der Waals surface area contributed by atoms with Crippen molar-refractivity contribution >= 4 is 43.4 Å². The number of carbonyl (C=O) groups excluding carboxylic acids is 1. The quantitative estimate of drug-likeness (QED) is 0.197. The number of nitrogens with one attached hydrogen (secondary N) is 3. The molecule has 0 aliphatic heterocycles. The second-order valence-corrected chi connectivity index (χ2v) is 13.0. The fraction of sp³-hybridized carbons (Fsp3) is 0.167. The molecular formula is C30H24F2N8O3S. The Labute approximate surface area is 248 Å². The summed E-state index contributed by atoms with van der Waals surface area (Å²) in [6.45, 7) is 0. The van der Waals surface area contributed by atoms with Gasteiger partial charge in [0.15, 0.2) is 15.7 Å². The number of anilines is 1. The van der Waals surface area contributed by atoms with Crippen LogP contribution in [-0.4, -0.2) is 50.7 Å². The minimum absolute atomic E-state index is 0.00721. The SMILES string of the molecule is CS(=O)(=O)C(N)c1cc(F)cc(-c2nccc3[nH]c(-c4n[nH]c5ccc(-c6cncc(NC(=O)C7CC7)c6)c(F)c45)nc23)c1. The van der Waals surface area contributed by atoms with Gasteiger partial charge in [0.25, 0.3) is 0 Å². The maximum absolute atomic E-state index is 16.2. The molecule has 1 unspecified atom stereocenters.